The average molecular weight is 336 g/mol. The third-order valence-electron chi connectivity index (χ3n) is 4.87. The van der Waals surface area contributed by atoms with Crippen molar-refractivity contribution in [3.63, 3.8) is 0 Å². The maximum atomic E-state index is 12.7. The molecule has 2 fully saturated rings. The van der Waals surface area contributed by atoms with Crippen LogP contribution in [0.1, 0.15) is 42.5 Å². The molecule has 0 aromatic heterocycles. The SMILES string of the molecule is COCCOc1ccc(C(=O)C2CC3CCCC(C2)S3=O)cc1. The van der Waals surface area contributed by atoms with Gasteiger partial charge in [0.05, 0.1) is 6.61 Å². The monoisotopic (exact) mass is 336 g/mol. The summed E-state index contributed by atoms with van der Waals surface area (Å²) in [5.41, 5.74) is 0.736. The molecular weight excluding hydrogens is 312 g/mol. The van der Waals surface area contributed by atoms with Crippen LogP contribution < -0.4 is 4.74 Å². The fraction of sp³-hybridized carbons (Fsp3) is 0.611. The van der Waals surface area contributed by atoms with Gasteiger partial charge in [-0.3, -0.25) is 9.00 Å². The standard InChI is InChI=1S/C18H24O4S/c1-21-9-10-22-15-7-5-13(6-8-15)18(19)14-11-16-3-2-4-17(12-14)23(16)20/h5-8,14,16-17H,2-4,9-12H2,1H3. The van der Waals surface area contributed by atoms with Crippen molar-refractivity contribution < 1.29 is 18.5 Å². The Balaban J connectivity index is 1.63. The summed E-state index contributed by atoms with van der Waals surface area (Å²) in [6.45, 7) is 1.05. The first-order valence-corrected chi connectivity index (χ1v) is 9.62. The van der Waals surface area contributed by atoms with E-state index < -0.39 is 10.8 Å². The number of hydrogen-bond acceptors (Lipinski definition) is 4. The molecule has 2 unspecified atom stereocenters. The molecule has 0 saturated carbocycles. The average Bonchev–Trinajstić information content (AvgIpc) is 2.55. The van der Waals surface area contributed by atoms with E-state index in [1.165, 1.54) is 0 Å². The Labute approximate surface area is 140 Å². The quantitative estimate of drug-likeness (QED) is 0.592. The van der Waals surface area contributed by atoms with Gasteiger partial charge in [0.2, 0.25) is 0 Å². The van der Waals surface area contributed by atoms with Gasteiger partial charge in [-0.15, -0.1) is 0 Å². The first-order chi connectivity index (χ1) is 11.2. The number of rotatable bonds is 6. The molecule has 5 heteroatoms. The predicted molar refractivity (Wildman–Crippen MR) is 90.4 cm³/mol. The van der Waals surface area contributed by atoms with Crippen molar-refractivity contribution in [3.8, 4) is 5.75 Å². The number of ketones is 1. The van der Waals surface area contributed by atoms with Gasteiger partial charge >= 0.3 is 0 Å². The molecule has 2 saturated heterocycles. The molecule has 1 aromatic rings. The van der Waals surface area contributed by atoms with E-state index in [0.717, 1.165) is 43.4 Å². The van der Waals surface area contributed by atoms with Gasteiger partial charge in [-0.2, -0.15) is 0 Å². The second-order valence-electron chi connectivity index (χ2n) is 6.40. The van der Waals surface area contributed by atoms with Crippen LogP contribution in [0.3, 0.4) is 0 Å². The first-order valence-electron chi connectivity index (χ1n) is 8.34. The van der Waals surface area contributed by atoms with Crippen molar-refractivity contribution in [1.82, 2.24) is 0 Å². The lowest BCUT2D eigenvalue weighted by atomic mass is 9.84. The number of carbonyl (C=O) groups excluding carboxylic acids is 1. The Morgan fingerprint density at radius 2 is 1.78 bits per heavy atom. The number of ether oxygens (including phenoxy) is 2. The summed E-state index contributed by atoms with van der Waals surface area (Å²) >= 11 is 0. The summed E-state index contributed by atoms with van der Waals surface area (Å²) < 4.78 is 22.7. The van der Waals surface area contributed by atoms with E-state index in [2.05, 4.69) is 0 Å². The number of methoxy groups -OCH3 is 1. The van der Waals surface area contributed by atoms with Gasteiger partial charge in [-0.25, -0.2) is 0 Å². The van der Waals surface area contributed by atoms with E-state index in [0.29, 0.717) is 13.2 Å². The van der Waals surface area contributed by atoms with Crippen LogP contribution in [0.25, 0.3) is 0 Å². The topological polar surface area (TPSA) is 52.6 Å². The maximum absolute atomic E-state index is 12.7. The minimum absolute atomic E-state index is 0.0308. The van der Waals surface area contributed by atoms with Crippen molar-refractivity contribution in [2.24, 2.45) is 5.92 Å². The van der Waals surface area contributed by atoms with Crippen molar-refractivity contribution in [1.29, 1.82) is 0 Å². The summed E-state index contributed by atoms with van der Waals surface area (Å²) in [6, 6.07) is 7.35. The lowest BCUT2D eigenvalue weighted by Crippen LogP contribution is -2.41. The molecule has 1 aromatic carbocycles. The van der Waals surface area contributed by atoms with Crippen LogP contribution in [0.2, 0.25) is 0 Å². The third kappa shape index (κ3) is 3.83. The lowest BCUT2D eigenvalue weighted by Gasteiger charge is -2.37. The van der Waals surface area contributed by atoms with Crippen LogP contribution in [0.15, 0.2) is 24.3 Å². The lowest BCUT2D eigenvalue weighted by molar-refractivity contribution is 0.0895. The molecule has 4 nitrogen and oxygen atoms in total. The Hall–Kier alpha value is -1.20. The van der Waals surface area contributed by atoms with Crippen LogP contribution in [-0.2, 0) is 15.5 Å². The molecule has 0 aliphatic carbocycles. The van der Waals surface area contributed by atoms with Crippen molar-refractivity contribution in [3.05, 3.63) is 29.8 Å². The predicted octanol–water partition coefficient (Wildman–Crippen LogP) is 2.97. The van der Waals surface area contributed by atoms with E-state index in [4.69, 9.17) is 9.47 Å². The van der Waals surface area contributed by atoms with E-state index in [1.807, 2.05) is 24.3 Å². The Morgan fingerprint density at radius 3 is 2.39 bits per heavy atom. The van der Waals surface area contributed by atoms with Crippen molar-refractivity contribution in [2.45, 2.75) is 42.6 Å². The second kappa shape index (κ2) is 7.58. The largest absolute Gasteiger partial charge is 0.491 e. The molecule has 2 aliphatic rings. The van der Waals surface area contributed by atoms with Crippen LogP contribution in [0.4, 0.5) is 0 Å². The molecule has 0 radical (unpaired) electrons. The van der Waals surface area contributed by atoms with E-state index in [1.54, 1.807) is 7.11 Å². The maximum Gasteiger partial charge on any atom is 0.166 e. The molecule has 2 atom stereocenters. The fourth-order valence-electron chi connectivity index (χ4n) is 3.64. The summed E-state index contributed by atoms with van der Waals surface area (Å²) in [5, 5.41) is 0.459. The van der Waals surface area contributed by atoms with E-state index in [9.17, 15) is 9.00 Å². The first kappa shape index (κ1) is 16.7. The minimum Gasteiger partial charge on any atom is -0.491 e. The molecule has 3 rings (SSSR count). The number of hydrogen-bond donors (Lipinski definition) is 0. The molecular formula is C18H24O4S. The van der Waals surface area contributed by atoms with Gasteiger partial charge in [0.25, 0.3) is 0 Å². The summed E-state index contributed by atoms with van der Waals surface area (Å²) in [5.74, 6) is 0.977. The number of Topliss-reactive ketones (excluding diaryl/α,β-unsaturated/α-hetero) is 1. The zero-order valence-corrected chi connectivity index (χ0v) is 14.3. The van der Waals surface area contributed by atoms with Gasteiger partial charge < -0.3 is 9.47 Å². The molecule has 2 heterocycles. The van der Waals surface area contributed by atoms with Gasteiger partial charge in [-0.1, -0.05) is 6.42 Å². The highest BCUT2D eigenvalue weighted by Gasteiger charge is 2.40. The fourth-order valence-corrected chi connectivity index (χ4v) is 5.83. The van der Waals surface area contributed by atoms with Gasteiger partial charge in [0.1, 0.15) is 12.4 Å². The number of fused-ring (bicyclic) bond motifs is 2. The number of carbonyl (C=O) groups is 1. The molecule has 2 aliphatic heterocycles. The summed E-state index contributed by atoms with van der Waals surface area (Å²) in [7, 11) is 0.914. The second-order valence-corrected chi connectivity index (χ2v) is 8.39. The van der Waals surface area contributed by atoms with Crippen LogP contribution in [-0.4, -0.2) is 40.8 Å². The van der Waals surface area contributed by atoms with Crippen LogP contribution in [0, 0.1) is 5.92 Å². The highest BCUT2D eigenvalue weighted by molar-refractivity contribution is 7.86. The molecule has 0 spiro atoms. The Kier molecular flexibility index (Phi) is 5.49. The van der Waals surface area contributed by atoms with Gasteiger partial charge in [0, 0.05) is 39.9 Å². The zero-order valence-electron chi connectivity index (χ0n) is 13.5. The van der Waals surface area contributed by atoms with Crippen molar-refractivity contribution >= 4 is 16.6 Å². The van der Waals surface area contributed by atoms with Gasteiger partial charge in [0.15, 0.2) is 5.78 Å². The Morgan fingerprint density at radius 1 is 1.13 bits per heavy atom. The molecule has 0 amide bonds. The van der Waals surface area contributed by atoms with Gasteiger partial charge in [-0.05, 0) is 49.9 Å². The van der Waals surface area contributed by atoms with Crippen LogP contribution in [0.5, 0.6) is 5.75 Å². The van der Waals surface area contributed by atoms with E-state index >= 15 is 0 Å². The van der Waals surface area contributed by atoms with Crippen LogP contribution >= 0.6 is 0 Å². The smallest absolute Gasteiger partial charge is 0.166 e. The highest BCUT2D eigenvalue weighted by atomic mass is 32.2. The number of benzene rings is 1. The van der Waals surface area contributed by atoms with Crippen molar-refractivity contribution in [2.75, 3.05) is 20.3 Å². The Bertz CT molecular complexity index is 553. The molecule has 0 N–H and O–H groups in total. The molecule has 126 valence electrons. The third-order valence-corrected chi connectivity index (χ3v) is 7.04. The normalized spacial score (nSPS) is 30.0. The minimum atomic E-state index is -0.722. The zero-order chi connectivity index (χ0) is 16.2. The summed E-state index contributed by atoms with van der Waals surface area (Å²) in [6.07, 6.45) is 4.76. The molecule has 2 bridgehead atoms. The molecule has 23 heavy (non-hydrogen) atoms. The highest BCUT2D eigenvalue weighted by Crippen LogP contribution is 2.38. The van der Waals surface area contributed by atoms with E-state index in [-0.39, 0.29) is 22.2 Å². The summed E-state index contributed by atoms with van der Waals surface area (Å²) in [4.78, 5) is 12.7.